The van der Waals surface area contributed by atoms with Crippen LogP contribution in [0, 0.1) is 6.92 Å². The number of halogens is 1. The van der Waals surface area contributed by atoms with Crippen molar-refractivity contribution in [1.82, 2.24) is 0 Å². The first-order chi connectivity index (χ1) is 7.06. The summed E-state index contributed by atoms with van der Waals surface area (Å²) < 4.78 is 4.83. The van der Waals surface area contributed by atoms with Gasteiger partial charge in [0.05, 0.1) is 6.61 Å². The Bertz CT molecular complexity index is 366. The Hall–Kier alpha value is -1.06. The average molecular weight is 228 g/mol. The summed E-state index contributed by atoms with van der Waals surface area (Å²) in [7, 11) is 0. The molecule has 3 nitrogen and oxygen atoms in total. The van der Waals surface area contributed by atoms with Crippen LogP contribution in [0.2, 0.25) is 5.02 Å². The van der Waals surface area contributed by atoms with E-state index in [1.807, 2.05) is 6.92 Å². The largest absolute Gasteiger partial charge is 0.465 e. The summed E-state index contributed by atoms with van der Waals surface area (Å²) in [4.78, 5) is 11.4. The molecule has 0 radical (unpaired) electrons. The van der Waals surface area contributed by atoms with Crippen LogP contribution < -0.4 is 5.73 Å². The minimum absolute atomic E-state index is 0.332. The molecule has 0 aliphatic carbocycles. The number of esters is 1. The van der Waals surface area contributed by atoms with Crippen LogP contribution >= 0.6 is 11.6 Å². The topological polar surface area (TPSA) is 52.3 Å². The van der Waals surface area contributed by atoms with E-state index in [-0.39, 0.29) is 0 Å². The number of benzene rings is 1. The van der Waals surface area contributed by atoms with Gasteiger partial charge in [0.2, 0.25) is 0 Å². The summed E-state index contributed by atoms with van der Waals surface area (Å²) in [6.07, 6.45) is 0. The lowest BCUT2D eigenvalue weighted by molar-refractivity contribution is -0.144. The molecule has 0 saturated heterocycles. The van der Waals surface area contributed by atoms with E-state index in [9.17, 15) is 4.79 Å². The average Bonchev–Trinajstić information content (AvgIpc) is 2.21. The van der Waals surface area contributed by atoms with Crippen LogP contribution in [-0.4, -0.2) is 12.6 Å². The van der Waals surface area contributed by atoms with Crippen LogP contribution in [0.1, 0.15) is 24.1 Å². The minimum Gasteiger partial charge on any atom is -0.465 e. The fraction of sp³-hybridized carbons (Fsp3) is 0.364. The lowest BCUT2D eigenvalue weighted by atomic mass is 10.1. The first-order valence-electron chi connectivity index (χ1n) is 4.74. The van der Waals surface area contributed by atoms with Crippen molar-refractivity contribution in [1.29, 1.82) is 0 Å². The van der Waals surface area contributed by atoms with Crippen LogP contribution in [-0.2, 0) is 9.53 Å². The molecule has 0 aliphatic heterocycles. The first kappa shape index (κ1) is 12.0. The zero-order valence-electron chi connectivity index (χ0n) is 8.79. The lowest BCUT2D eigenvalue weighted by Gasteiger charge is -2.11. The molecule has 0 spiro atoms. The molecule has 1 aromatic carbocycles. The molecule has 0 fully saturated rings. The molecule has 82 valence electrons. The van der Waals surface area contributed by atoms with Crippen LogP contribution in [0.15, 0.2) is 18.2 Å². The predicted octanol–water partition coefficient (Wildman–Crippen LogP) is 2.21. The van der Waals surface area contributed by atoms with E-state index in [1.54, 1.807) is 25.1 Å². The highest BCUT2D eigenvalue weighted by atomic mass is 35.5. The smallest absolute Gasteiger partial charge is 0.327 e. The van der Waals surface area contributed by atoms with Gasteiger partial charge in [-0.1, -0.05) is 23.7 Å². The van der Waals surface area contributed by atoms with Crippen molar-refractivity contribution >= 4 is 17.6 Å². The van der Waals surface area contributed by atoms with Crippen molar-refractivity contribution in [2.24, 2.45) is 5.73 Å². The minimum atomic E-state index is -0.735. The fourth-order valence-electron chi connectivity index (χ4n) is 1.23. The van der Waals surface area contributed by atoms with E-state index in [0.29, 0.717) is 11.6 Å². The van der Waals surface area contributed by atoms with Crippen LogP contribution in [0.5, 0.6) is 0 Å². The second-order valence-electron chi connectivity index (χ2n) is 3.24. The van der Waals surface area contributed by atoms with Gasteiger partial charge in [-0.2, -0.15) is 0 Å². The standard InChI is InChI=1S/C11H14ClNO2/c1-3-15-11(14)10(13)8-4-5-9(12)7(2)6-8/h4-6,10H,3,13H2,1-2H3. The number of carbonyl (C=O) groups excluding carboxylic acids is 1. The summed E-state index contributed by atoms with van der Waals surface area (Å²) in [6, 6.07) is 4.52. The van der Waals surface area contributed by atoms with Gasteiger partial charge < -0.3 is 10.5 Å². The Morgan fingerprint density at radius 1 is 1.60 bits per heavy atom. The third kappa shape index (κ3) is 2.94. The number of hydrogen-bond donors (Lipinski definition) is 1. The molecule has 1 unspecified atom stereocenters. The molecule has 0 amide bonds. The molecular formula is C11H14ClNO2. The number of nitrogens with two attached hydrogens (primary N) is 1. The zero-order chi connectivity index (χ0) is 11.4. The summed E-state index contributed by atoms with van der Waals surface area (Å²) in [5, 5.41) is 0.662. The Kier molecular flexibility index (Phi) is 4.12. The summed E-state index contributed by atoms with van der Waals surface area (Å²) in [5.41, 5.74) is 7.34. The Balaban J connectivity index is 2.86. The maximum Gasteiger partial charge on any atom is 0.327 e. The Labute approximate surface area is 94.2 Å². The van der Waals surface area contributed by atoms with E-state index < -0.39 is 12.0 Å². The van der Waals surface area contributed by atoms with Gasteiger partial charge in [0.1, 0.15) is 6.04 Å². The zero-order valence-corrected chi connectivity index (χ0v) is 9.54. The quantitative estimate of drug-likeness (QED) is 0.806. The summed E-state index contributed by atoms with van der Waals surface area (Å²) in [5.74, 6) is -0.417. The van der Waals surface area contributed by atoms with Gasteiger partial charge in [0, 0.05) is 5.02 Å². The van der Waals surface area contributed by atoms with E-state index in [1.165, 1.54) is 0 Å². The SMILES string of the molecule is CCOC(=O)C(N)c1ccc(Cl)c(C)c1. The van der Waals surface area contributed by atoms with Gasteiger partial charge >= 0.3 is 5.97 Å². The third-order valence-electron chi connectivity index (χ3n) is 2.08. The molecule has 2 N–H and O–H groups in total. The second kappa shape index (κ2) is 5.14. The third-order valence-corrected chi connectivity index (χ3v) is 2.51. The molecule has 0 saturated carbocycles. The van der Waals surface area contributed by atoms with Crippen LogP contribution in [0.4, 0.5) is 0 Å². The molecule has 0 aliphatic rings. The molecular weight excluding hydrogens is 214 g/mol. The summed E-state index contributed by atoms with van der Waals surface area (Å²) >= 11 is 5.87. The molecule has 1 atom stereocenters. The van der Waals surface area contributed by atoms with E-state index >= 15 is 0 Å². The highest BCUT2D eigenvalue weighted by Crippen LogP contribution is 2.20. The molecule has 1 rings (SSSR count). The van der Waals surface area contributed by atoms with Gasteiger partial charge in [-0.15, -0.1) is 0 Å². The van der Waals surface area contributed by atoms with Crippen molar-refractivity contribution in [3.8, 4) is 0 Å². The molecule has 15 heavy (non-hydrogen) atoms. The van der Waals surface area contributed by atoms with Crippen LogP contribution in [0.25, 0.3) is 0 Å². The number of hydrogen-bond acceptors (Lipinski definition) is 3. The Morgan fingerprint density at radius 2 is 2.27 bits per heavy atom. The number of ether oxygens (including phenoxy) is 1. The predicted molar refractivity (Wildman–Crippen MR) is 59.8 cm³/mol. The van der Waals surface area contributed by atoms with Crippen molar-refractivity contribution in [3.05, 3.63) is 34.3 Å². The van der Waals surface area contributed by atoms with E-state index in [4.69, 9.17) is 22.1 Å². The van der Waals surface area contributed by atoms with Gasteiger partial charge in [0.25, 0.3) is 0 Å². The number of carbonyl (C=O) groups is 1. The van der Waals surface area contributed by atoms with Crippen LogP contribution in [0.3, 0.4) is 0 Å². The number of rotatable bonds is 3. The normalized spacial score (nSPS) is 12.3. The maximum atomic E-state index is 11.4. The number of aryl methyl sites for hydroxylation is 1. The lowest BCUT2D eigenvalue weighted by Crippen LogP contribution is -2.23. The molecule has 0 bridgehead atoms. The first-order valence-corrected chi connectivity index (χ1v) is 5.12. The molecule has 4 heteroatoms. The highest BCUT2D eigenvalue weighted by Gasteiger charge is 2.17. The van der Waals surface area contributed by atoms with Gasteiger partial charge in [-0.05, 0) is 31.0 Å². The van der Waals surface area contributed by atoms with E-state index in [0.717, 1.165) is 11.1 Å². The van der Waals surface area contributed by atoms with Crippen molar-refractivity contribution in [2.75, 3.05) is 6.61 Å². The van der Waals surface area contributed by atoms with Gasteiger partial charge in [-0.3, -0.25) is 0 Å². The van der Waals surface area contributed by atoms with Crippen molar-refractivity contribution in [2.45, 2.75) is 19.9 Å². The second-order valence-corrected chi connectivity index (χ2v) is 3.65. The molecule has 1 aromatic rings. The van der Waals surface area contributed by atoms with E-state index in [2.05, 4.69) is 0 Å². The maximum absolute atomic E-state index is 11.4. The van der Waals surface area contributed by atoms with Gasteiger partial charge in [0.15, 0.2) is 0 Å². The highest BCUT2D eigenvalue weighted by molar-refractivity contribution is 6.31. The monoisotopic (exact) mass is 227 g/mol. The van der Waals surface area contributed by atoms with Gasteiger partial charge in [-0.25, -0.2) is 4.79 Å². The Morgan fingerprint density at radius 3 is 2.80 bits per heavy atom. The fourth-order valence-corrected chi connectivity index (χ4v) is 1.35. The molecule has 0 heterocycles. The summed E-state index contributed by atoms with van der Waals surface area (Å²) in [6.45, 7) is 3.94. The van der Waals surface area contributed by atoms with Crippen molar-refractivity contribution < 1.29 is 9.53 Å². The van der Waals surface area contributed by atoms with Crippen molar-refractivity contribution in [3.63, 3.8) is 0 Å². The molecule has 0 aromatic heterocycles.